The van der Waals surface area contributed by atoms with Crippen molar-refractivity contribution in [1.29, 1.82) is 0 Å². The first-order valence-electron chi connectivity index (χ1n) is 9.09. The number of benzene rings is 1. The Morgan fingerprint density at radius 2 is 1.85 bits per heavy atom. The number of rotatable bonds is 3. The van der Waals surface area contributed by atoms with Crippen LogP contribution < -0.4 is 4.90 Å². The van der Waals surface area contributed by atoms with Crippen molar-refractivity contribution >= 4 is 23.2 Å². The molecule has 2 aliphatic rings. The third-order valence-corrected chi connectivity index (χ3v) is 6.45. The number of aromatic carboxylic acids is 1. The number of carbonyl (C=O) groups is 3. The Kier molecular flexibility index (Phi) is 5.31. The summed E-state index contributed by atoms with van der Waals surface area (Å²) in [5, 5.41) is 8.95. The minimum atomic E-state index is -0.878. The van der Waals surface area contributed by atoms with Gasteiger partial charge in [0.05, 0.1) is 11.3 Å². The van der Waals surface area contributed by atoms with E-state index >= 15 is 0 Å². The summed E-state index contributed by atoms with van der Waals surface area (Å²) in [4.78, 5) is 35.7. The number of carboxylic acids is 1. The van der Waals surface area contributed by atoms with Gasteiger partial charge in [0.15, 0.2) is 0 Å². The number of nitrogens with zero attached hydrogens (tertiary/aromatic N) is 1. The van der Waals surface area contributed by atoms with Crippen LogP contribution in [0.5, 0.6) is 0 Å². The number of Topliss-reactive ketones (excluding diaryl/α,β-unsaturated/α-hetero) is 2. The fourth-order valence-electron chi connectivity index (χ4n) is 4.14. The van der Waals surface area contributed by atoms with Gasteiger partial charge in [-0.3, -0.25) is 9.59 Å². The normalized spacial score (nSPS) is 25.7. The molecule has 5 nitrogen and oxygen atoms in total. The monoisotopic (exact) mass is 359 g/mol. The Hall–Kier alpha value is -2.17. The predicted octanol–water partition coefficient (Wildman–Crippen LogP) is 3.59. The lowest BCUT2D eigenvalue weighted by Crippen LogP contribution is -2.33. The van der Waals surface area contributed by atoms with Gasteiger partial charge in [0.25, 0.3) is 0 Å². The maximum Gasteiger partial charge on any atom is 0.337 e. The third kappa shape index (κ3) is 3.04. The van der Waals surface area contributed by atoms with E-state index in [0.717, 1.165) is 30.5 Å². The van der Waals surface area contributed by atoms with Crippen LogP contribution in [0.15, 0.2) is 18.2 Å². The van der Waals surface area contributed by atoms with Crippen molar-refractivity contribution in [2.24, 2.45) is 16.7 Å². The van der Waals surface area contributed by atoms with Gasteiger partial charge in [-0.05, 0) is 42.4 Å². The number of fused-ring (bicyclic) bond motifs is 2. The first-order chi connectivity index (χ1) is 12.0. The summed E-state index contributed by atoms with van der Waals surface area (Å²) >= 11 is 0. The smallest absolute Gasteiger partial charge is 0.337 e. The van der Waals surface area contributed by atoms with Crippen LogP contribution in [0.4, 0.5) is 5.69 Å². The summed E-state index contributed by atoms with van der Waals surface area (Å²) in [6.45, 7) is 8.09. The lowest BCUT2D eigenvalue weighted by molar-refractivity contribution is -0.141. The van der Waals surface area contributed by atoms with Crippen molar-refractivity contribution in [3.05, 3.63) is 29.3 Å². The molecule has 142 valence electrons. The zero-order valence-electron chi connectivity index (χ0n) is 16.5. The molecule has 5 heteroatoms. The van der Waals surface area contributed by atoms with Gasteiger partial charge in [0.2, 0.25) is 11.6 Å². The highest BCUT2D eigenvalue weighted by atomic mass is 16.4. The van der Waals surface area contributed by atoms with E-state index in [1.165, 1.54) is 0 Å². The molecule has 0 saturated heterocycles. The lowest BCUT2D eigenvalue weighted by atomic mass is 9.70. The Balaban J connectivity index is 0.000000189. The molecule has 2 aliphatic carbocycles. The Morgan fingerprint density at radius 3 is 2.19 bits per heavy atom. The summed E-state index contributed by atoms with van der Waals surface area (Å²) in [6, 6.07) is 5.44. The second-order valence-corrected chi connectivity index (χ2v) is 8.24. The highest BCUT2D eigenvalue weighted by Gasteiger charge is 2.66. The maximum atomic E-state index is 11.6. The summed E-state index contributed by atoms with van der Waals surface area (Å²) < 4.78 is 0. The molecule has 26 heavy (non-hydrogen) atoms. The van der Waals surface area contributed by atoms with Crippen molar-refractivity contribution in [2.45, 2.75) is 47.0 Å². The molecule has 0 radical (unpaired) electrons. The highest BCUT2D eigenvalue weighted by Crippen LogP contribution is 2.61. The number of ketones is 2. The molecule has 0 aromatic heterocycles. The van der Waals surface area contributed by atoms with Crippen molar-refractivity contribution in [2.75, 3.05) is 19.0 Å². The van der Waals surface area contributed by atoms with Gasteiger partial charge < -0.3 is 10.0 Å². The SMILES string of the molecule is CC12CCC(C(=O)C1=O)C2(C)C.CCc1ccc(C(=O)O)c(N(C)C)c1. The van der Waals surface area contributed by atoms with Gasteiger partial charge in [-0.1, -0.05) is 33.8 Å². The molecule has 2 fully saturated rings. The average molecular weight is 359 g/mol. The van der Waals surface area contributed by atoms with Gasteiger partial charge in [0.1, 0.15) is 0 Å². The second-order valence-electron chi connectivity index (χ2n) is 8.24. The van der Waals surface area contributed by atoms with Crippen LogP contribution in [0.2, 0.25) is 0 Å². The number of anilines is 1. The van der Waals surface area contributed by atoms with Gasteiger partial charge in [-0.25, -0.2) is 4.79 Å². The van der Waals surface area contributed by atoms with Gasteiger partial charge in [0, 0.05) is 25.4 Å². The fourth-order valence-corrected chi connectivity index (χ4v) is 4.14. The minimum Gasteiger partial charge on any atom is -0.478 e. The van der Waals surface area contributed by atoms with Crippen LogP contribution >= 0.6 is 0 Å². The van der Waals surface area contributed by atoms with Crippen LogP contribution in [-0.4, -0.2) is 36.7 Å². The van der Waals surface area contributed by atoms with E-state index in [1.54, 1.807) is 6.07 Å². The van der Waals surface area contributed by atoms with E-state index in [4.69, 9.17) is 5.11 Å². The van der Waals surface area contributed by atoms with Crippen LogP contribution in [0.1, 0.15) is 56.5 Å². The maximum absolute atomic E-state index is 11.6. The molecule has 1 aromatic carbocycles. The van der Waals surface area contributed by atoms with Crippen molar-refractivity contribution in [3.63, 3.8) is 0 Å². The summed E-state index contributed by atoms with van der Waals surface area (Å²) in [7, 11) is 3.70. The predicted molar refractivity (Wildman–Crippen MR) is 102 cm³/mol. The Labute approximate surface area is 155 Å². The number of hydrogen-bond acceptors (Lipinski definition) is 4. The van der Waals surface area contributed by atoms with E-state index in [0.29, 0.717) is 5.56 Å². The zero-order chi connectivity index (χ0) is 19.9. The van der Waals surface area contributed by atoms with E-state index in [1.807, 2.05) is 51.9 Å². The average Bonchev–Trinajstić information content (AvgIpc) is 2.89. The van der Waals surface area contributed by atoms with E-state index in [2.05, 4.69) is 6.92 Å². The largest absolute Gasteiger partial charge is 0.478 e. The van der Waals surface area contributed by atoms with E-state index in [9.17, 15) is 14.4 Å². The van der Waals surface area contributed by atoms with Crippen LogP contribution in [0.25, 0.3) is 0 Å². The van der Waals surface area contributed by atoms with E-state index < -0.39 is 5.97 Å². The minimum absolute atomic E-state index is 0.00926. The Morgan fingerprint density at radius 1 is 1.23 bits per heavy atom. The van der Waals surface area contributed by atoms with Gasteiger partial charge in [-0.2, -0.15) is 0 Å². The molecule has 0 spiro atoms. The third-order valence-electron chi connectivity index (χ3n) is 6.45. The molecule has 1 N–H and O–H groups in total. The molecule has 2 saturated carbocycles. The Bertz CT molecular complexity index is 750. The summed E-state index contributed by atoms with van der Waals surface area (Å²) in [5.41, 5.74) is 1.82. The van der Waals surface area contributed by atoms with Crippen LogP contribution in [0, 0.1) is 16.7 Å². The van der Waals surface area contributed by atoms with Crippen molar-refractivity contribution in [3.8, 4) is 0 Å². The van der Waals surface area contributed by atoms with Crippen LogP contribution in [-0.2, 0) is 16.0 Å². The summed E-state index contributed by atoms with van der Waals surface area (Å²) in [6.07, 6.45) is 2.73. The van der Waals surface area contributed by atoms with Gasteiger partial charge >= 0.3 is 5.97 Å². The van der Waals surface area contributed by atoms with E-state index in [-0.39, 0.29) is 28.3 Å². The molecule has 1 aromatic rings. The lowest BCUT2D eigenvalue weighted by Gasteiger charge is -2.31. The van der Waals surface area contributed by atoms with Crippen molar-refractivity contribution < 1.29 is 19.5 Å². The van der Waals surface area contributed by atoms with Crippen molar-refractivity contribution in [1.82, 2.24) is 0 Å². The quantitative estimate of drug-likeness (QED) is 0.835. The molecule has 2 atom stereocenters. The van der Waals surface area contributed by atoms with Crippen LogP contribution in [0.3, 0.4) is 0 Å². The molecule has 3 rings (SSSR count). The highest BCUT2D eigenvalue weighted by molar-refractivity contribution is 6.43. The fraction of sp³-hybridized carbons (Fsp3) is 0.571. The number of carboxylic acid groups (broad SMARTS) is 1. The number of hydrogen-bond donors (Lipinski definition) is 1. The summed E-state index contributed by atoms with van der Waals surface area (Å²) in [5.74, 6) is -1.11. The first-order valence-corrected chi connectivity index (χ1v) is 9.09. The number of aryl methyl sites for hydroxylation is 1. The molecule has 0 aliphatic heterocycles. The number of carbonyl (C=O) groups excluding carboxylic acids is 2. The molecule has 2 bridgehead atoms. The molecular formula is C21H29NO4. The zero-order valence-corrected chi connectivity index (χ0v) is 16.5. The second kappa shape index (κ2) is 6.86. The topological polar surface area (TPSA) is 74.7 Å². The van der Waals surface area contributed by atoms with Gasteiger partial charge in [-0.15, -0.1) is 0 Å². The molecule has 2 unspecified atom stereocenters. The molecular weight excluding hydrogens is 330 g/mol. The first kappa shape index (κ1) is 20.1. The molecule has 0 heterocycles. The molecule has 0 amide bonds. The standard InChI is InChI=1S/C11H15NO2.C10H14O2/c1-4-8-5-6-9(11(13)14)10(7-8)12(2)3;1-9(2)6-4-5-10(9,3)8(12)7(6)11/h5-7H,4H2,1-3H3,(H,13,14);6H,4-5H2,1-3H3.